The van der Waals surface area contributed by atoms with Crippen LogP contribution >= 0.6 is 0 Å². The van der Waals surface area contributed by atoms with Crippen LogP contribution in [0.1, 0.15) is 28.0 Å². The lowest BCUT2D eigenvalue weighted by Gasteiger charge is -2.17. The number of amides is 1. The maximum atomic E-state index is 13.3. The first-order valence-corrected chi connectivity index (χ1v) is 7.65. The van der Waals surface area contributed by atoms with Gasteiger partial charge in [-0.15, -0.1) is 0 Å². The van der Waals surface area contributed by atoms with E-state index >= 15 is 0 Å². The normalized spacial score (nSPS) is 17.5. The Bertz CT molecular complexity index is 734. The lowest BCUT2D eigenvalue weighted by Crippen LogP contribution is -2.23. The summed E-state index contributed by atoms with van der Waals surface area (Å²) in [5.41, 5.74) is 7.25. The van der Waals surface area contributed by atoms with Gasteiger partial charge in [-0.05, 0) is 42.9 Å². The number of nitrogens with zero attached hydrogens (tertiary/aromatic N) is 3. The van der Waals surface area contributed by atoms with Gasteiger partial charge in [-0.3, -0.25) is 9.78 Å². The third-order valence-electron chi connectivity index (χ3n) is 4.23. The van der Waals surface area contributed by atoms with Crippen LogP contribution in [-0.2, 0) is 6.42 Å². The van der Waals surface area contributed by atoms with E-state index in [-0.39, 0.29) is 11.5 Å². The smallest absolute Gasteiger partial charge is 0.268 e. The van der Waals surface area contributed by atoms with Crippen LogP contribution in [0, 0.1) is 18.7 Å². The number of carbonyl (C=O) groups excluding carboxylic acids is 1. The molecule has 2 heterocycles. The van der Waals surface area contributed by atoms with E-state index in [1.54, 1.807) is 13.1 Å². The lowest BCUT2D eigenvalue weighted by molar-refractivity contribution is 0.0995. The Labute approximate surface area is 134 Å². The molecule has 1 aromatic heterocycles. The summed E-state index contributed by atoms with van der Waals surface area (Å²) < 4.78 is 13.3. The summed E-state index contributed by atoms with van der Waals surface area (Å²) in [6, 6.07) is 5.28. The maximum Gasteiger partial charge on any atom is 0.268 e. The van der Waals surface area contributed by atoms with Gasteiger partial charge in [0.1, 0.15) is 17.3 Å². The van der Waals surface area contributed by atoms with Crippen molar-refractivity contribution in [2.24, 2.45) is 11.7 Å². The molecule has 1 atom stereocenters. The first-order chi connectivity index (χ1) is 11.0. The Morgan fingerprint density at radius 1 is 1.43 bits per heavy atom. The number of rotatable bonds is 4. The Morgan fingerprint density at radius 3 is 3.00 bits per heavy atom. The predicted octanol–water partition coefficient (Wildman–Crippen LogP) is 2.09. The highest BCUT2D eigenvalue weighted by Gasteiger charge is 2.24. The molecular formula is C17H19FN4O. The minimum absolute atomic E-state index is 0.166. The molecule has 1 aliphatic heterocycles. The van der Waals surface area contributed by atoms with E-state index in [0.717, 1.165) is 31.5 Å². The molecule has 2 aromatic rings. The summed E-state index contributed by atoms with van der Waals surface area (Å²) in [6.45, 7) is 3.49. The van der Waals surface area contributed by atoms with Gasteiger partial charge >= 0.3 is 0 Å². The number of aryl methyl sites for hydroxylation is 1. The van der Waals surface area contributed by atoms with E-state index < -0.39 is 5.91 Å². The van der Waals surface area contributed by atoms with Gasteiger partial charge in [0.25, 0.3) is 5.91 Å². The summed E-state index contributed by atoms with van der Waals surface area (Å²) in [6.07, 6.45) is 4.96. The van der Waals surface area contributed by atoms with Gasteiger partial charge in [-0.25, -0.2) is 9.37 Å². The first kappa shape index (κ1) is 15.4. The van der Waals surface area contributed by atoms with Crippen molar-refractivity contribution in [3.63, 3.8) is 0 Å². The number of carbonyl (C=O) groups is 1. The van der Waals surface area contributed by atoms with Gasteiger partial charge in [0, 0.05) is 13.1 Å². The van der Waals surface area contributed by atoms with E-state index in [4.69, 9.17) is 5.73 Å². The highest BCUT2D eigenvalue weighted by molar-refractivity contribution is 5.90. The van der Waals surface area contributed by atoms with Crippen molar-refractivity contribution < 1.29 is 9.18 Å². The number of nitrogens with two attached hydrogens (primary N) is 1. The van der Waals surface area contributed by atoms with E-state index in [0.29, 0.717) is 17.3 Å². The fraction of sp³-hybridized carbons (Fsp3) is 0.353. The fourth-order valence-electron chi connectivity index (χ4n) is 3.00. The number of hydrogen-bond donors (Lipinski definition) is 1. The number of anilines is 1. The topological polar surface area (TPSA) is 72.1 Å². The lowest BCUT2D eigenvalue weighted by atomic mass is 9.97. The molecule has 5 nitrogen and oxygen atoms in total. The average Bonchev–Trinajstić information content (AvgIpc) is 2.99. The van der Waals surface area contributed by atoms with Crippen molar-refractivity contribution in [1.82, 2.24) is 9.97 Å². The molecule has 0 aliphatic carbocycles. The number of aromatic nitrogens is 2. The van der Waals surface area contributed by atoms with Crippen LogP contribution in [0.25, 0.3) is 0 Å². The Balaban J connectivity index is 1.67. The third kappa shape index (κ3) is 3.47. The Hall–Kier alpha value is -2.50. The molecule has 2 N–H and O–H groups in total. The molecule has 1 unspecified atom stereocenters. The second-order valence-corrected chi connectivity index (χ2v) is 6.02. The number of hydrogen-bond acceptors (Lipinski definition) is 4. The average molecular weight is 314 g/mol. The summed E-state index contributed by atoms with van der Waals surface area (Å²) in [5, 5.41) is 0. The van der Waals surface area contributed by atoms with Crippen LogP contribution in [-0.4, -0.2) is 29.0 Å². The minimum Gasteiger partial charge on any atom is -0.364 e. The van der Waals surface area contributed by atoms with Gasteiger partial charge in [0.05, 0.1) is 12.4 Å². The van der Waals surface area contributed by atoms with Gasteiger partial charge in [-0.2, -0.15) is 0 Å². The number of halogens is 1. The zero-order valence-corrected chi connectivity index (χ0v) is 13.0. The molecule has 1 saturated heterocycles. The van der Waals surface area contributed by atoms with Gasteiger partial charge in [0.15, 0.2) is 0 Å². The largest absolute Gasteiger partial charge is 0.364 e. The zero-order chi connectivity index (χ0) is 16.4. The van der Waals surface area contributed by atoms with E-state index in [1.165, 1.54) is 12.3 Å². The monoisotopic (exact) mass is 314 g/mol. The van der Waals surface area contributed by atoms with Crippen molar-refractivity contribution in [2.75, 3.05) is 18.0 Å². The zero-order valence-electron chi connectivity index (χ0n) is 13.0. The van der Waals surface area contributed by atoms with Gasteiger partial charge in [0.2, 0.25) is 0 Å². The summed E-state index contributed by atoms with van der Waals surface area (Å²) >= 11 is 0. The highest BCUT2D eigenvalue weighted by atomic mass is 19.1. The molecule has 0 bridgehead atoms. The molecular weight excluding hydrogens is 295 g/mol. The molecule has 23 heavy (non-hydrogen) atoms. The second-order valence-electron chi connectivity index (χ2n) is 6.02. The molecule has 1 aromatic carbocycles. The van der Waals surface area contributed by atoms with E-state index in [2.05, 4.69) is 14.9 Å². The molecule has 0 spiro atoms. The van der Waals surface area contributed by atoms with E-state index in [9.17, 15) is 9.18 Å². The van der Waals surface area contributed by atoms with Crippen molar-refractivity contribution in [3.05, 3.63) is 53.2 Å². The van der Waals surface area contributed by atoms with Crippen LogP contribution in [0.4, 0.5) is 10.2 Å². The quantitative estimate of drug-likeness (QED) is 0.938. The molecule has 1 fully saturated rings. The third-order valence-corrected chi connectivity index (χ3v) is 4.23. The Morgan fingerprint density at radius 2 is 2.26 bits per heavy atom. The fourth-order valence-corrected chi connectivity index (χ4v) is 3.00. The molecule has 1 amide bonds. The summed E-state index contributed by atoms with van der Waals surface area (Å²) in [4.78, 5) is 21.6. The SMILES string of the molecule is Cc1cc(CC2CCN(c3cncc(C(N)=O)n3)C2)ccc1F. The molecule has 1 aliphatic rings. The predicted molar refractivity (Wildman–Crippen MR) is 85.7 cm³/mol. The highest BCUT2D eigenvalue weighted by Crippen LogP contribution is 2.25. The molecule has 6 heteroatoms. The van der Waals surface area contributed by atoms with Crippen LogP contribution in [0.5, 0.6) is 0 Å². The van der Waals surface area contributed by atoms with Gasteiger partial charge in [-0.1, -0.05) is 12.1 Å². The molecule has 0 saturated carbocycles. The van der Waals surface area contributed by atoms with Crippen molar-refractivity contribution in [3.8, 4) is 0 Å². The van der Waals surface area contributed by atoms with Crippen molar-refractivity contribution in [2.45, 2.75) is 19.8 Å². The van der Waals surface area contributed by atoms with Crippen LogP contribution < -0.4 is 10.6 Å². The summed E-state index contributed by atoms with van der Waals surface area (Å²) in [5.74, 6) is 0.412. The van der Waals surface area contributed by atoms with E-state index in [1.807, 2.05) is 12.1 Å². The number of benzene rings is 1. The van der Waals surface area contributed by atoms with Crippen molar-refractivity contribution in [1.29, 1.82) is 0 Å². The Kier molecular flexibility index (Phi) is 4.23. The molecule has 0 radical (unpaired) electrons. The minimum atomic E-state index is -0.572. The maximum absolute atomic E-state index is 13.3. The van der Waals surface area contributed by atoms with Crippen LogP contribution in [0.3, 0.4) is 0 Å². The van der Waals surface area contributed by atoms with Crippen LogP contribution in [0.2, 0.25) is 0 Å². The molecule has 120 valence electrons. The second kappa shape index (κ2) is 6.32. The van der Waals surface area contributed by atoms with Crippen LogP contribution in [0.15, 0.2) is 30.6 Å². The van der Waals surface area contributed by atoms with Gasteiger partial charge < -0.3 is 10.6 Å². The first-order valence-electron chi connectivity index (χ1n) is 7.65. The number of primary amides is 1. The van der Waals surface area contributed by atoms with Crippen molar-refractivity contribution >= 4 is 11.7 Å². The standard InChI is InChI=1S/C17H19FN4O/c1-11-6-12(2-3-14(11)18)7-13-4-5-22(10-13)16-9-20-8-15(21-16)17(19)23/h2-3,6,8-9,13H,4-5,7,10H2,1H3,(H2,19,23). The molecule has 3 rings (SSSR count). The summed E-state index contributed by atoms with van der Waals surface area (Å²) in [7, 11) is 0.